The van der Waals surface area contributed by atoms with Crippen molar-refractivity contribution in [3.05, 3.63) is 81.9 Å². The molecule has 4 rings (SSSR count). The van der Waals surface area contributed by atoms with Crippen molar-refractivity contribution in [2.75, 3.05) is 24.7 Å². The number of carbonyl (C=O) groups is 2. The number of rotatable bonds is 8. The number of aliphatic hydroxyl groups excluding tert-OH is 2. The van der Waals surface area contributed by atoms with Crippen LogP contribution in [0.3, 0.4) is 0 Å². The third-order valence-corrected chi connectivity index (χ3v) is 6.77. The molecular formula is C25H20ClNO6S2. The van der Waals surface area contributed by atoms with E-state index in [9.17, 15) is 9.59 Å². The van der Waals surface area contributed by atoms with Crippen molar-refractivity contribution < 1.29 is 29.0 Å². The topological polar surface area (TPSA) is 100 Å². The lowest BCUT2D eigenvalue weighted by atomic mass is 10.1. The van der Waals surface area contributed by atoms with Gasteiger partial charge in [-0.1, -0.05) is 53.8 Å². The lowest BCUT2D eigenvalue weighted by Gasteiger charge is -2.16. The van der Waals surface area contributed by atoms with Gasteiger partial charge in [0.15, 0.2) is 4.32 Å². The van der Waals surface area contributed by atoms with Crippen LogP contribution >= 0.6 is 35.6 Å². The minimum Gasteiger partial charge on any atom is -0.462 e. The van der Waals surface area contributed by atoms with Crippen LogP contribution in [0.1, 0.15) is 16.1 Å². The molecule has 0 bridgehead atoms. The average molecular weight is 530 g/mol. The Morgan fingerprint density at radius 1 is 1.14 bits per heavy atom. The van der Waals surface area contributed by atoms with Crippen LogP contribution in [0.2, 0.25) is 5.02 Å². The van der Waals surface area contributed by atoms with Crippen LogP contribution in [0.4, 0.5) is 5.69 Å². The van der Waals surface area contributed by atoms with Gasteiger partial charge in [-0.2, -0.15) is 0 Å². The summed E-state index contributed by atoms with van der Waals surface area (Å²) in [6.07, 6.45) is 1.61. The van der Waals surface area contributed by atoms with E-state index in [-0.39, 0.29) is 31.3 Å². The number of ether oxygens (including phenoxy) is 1. The zero-order valence-corrected chi connectivity index (χ0v) is 20.6. The molecule has 7 nitrogen and oxygen atoms in total. The lowest BCUT2D eigenvalue weighted by molar-refractivity contribution is -0.113. The van der Waals surface area contributed by atoms with Crippen molar-refractivity contribution in [3.63, 3.8) is 0 Å². The number of hydrogen-bond donors (Lipinski definition) is 2. The molecule has 0 atom stereocenters. The number of thioether (sulfide) groups is 1. The molecular weight excluding hydrogens is 510 g/mol. The highest BCUT2D eigenvalue weighted by atomic mass is 35.5. The SMILES string of the molecule is O=C(OCC(CO)CO)c1cccc(N2C(=O)C(=Cc3ccc(-c4ccccc4Cl)o3)SC2=S)c1. The zero-order valence-electron chi connectivity index (χ0n) is 18.2. The molecule has 1 fully saturated rings. The summed E-state index contributed by atoms with van der Waals surface area (Å²) in [6.45, 7) is -0.732. The normalized spacial score (nSPS) is 14.9. The van der Waals surface area contributed by atoms with E-state index in [1.54, 1.807) is 42.5 Å². The van der Waals surface area contributed by atoms with Crippen molar-refractivity contribution >= 4 is 63.5 Å². The summed E-state index contributed by atoms with van der Waals surface area (Å²) in [6, 6.07) is 17.2. The van der Waals surface area contributed by atoms with Crippen molar-refractivity contribution in [1.82, 2.24) is 0 Å². The third-order valence-electron chi connectivity index (χ3n) is 5.14. The Hall–Kier alpha value is -2.95. The highest BCUT2D eigenvalue weighted by Gasteiger charge is 2.34. The predicted octanol–water partition coefficient (Wildman–Crippen LogP) is 4.76. The standard InChI is InChI=1S/C25H20ClNO6S2/c26-20-7-2-1-6-19(20)21-9-8-18(33-21)11-22-23(30)27(25(34)35-22)17-5-3-4-16(10-17)24(31)32-14-15(12-28)13-29/h1-11,15,28-29H,12-14H2. The molecule has 2 aromatic carbocycles. The van der Waals surface area contributed by atoms with Gasteiger partial charge in [-0.15, -0.1) is 0 Å². The summed E-state index contributed by atoms with van der Waals surface area (Å²) in [7, 11) is 0. The van der Waals surface area contributed by atoms with Gasteiger partial charge < -0.3 is 19.4 Å². The number of carbonyl (C=O) groups excluding carboxylic acids is 2. The number of hydrogen-bond acceptors (Lipinski definition) is 8. The molecule has 1 aliphatic rings. The van der Waals surface area contributed by atoms with E-state index < -0.39 is 11.9 Å². The molecule has 35 heavy (non-hydrogen) atoms. The summed E-state index contributed by atoms with van der Waals surface area (Å²) in [5.74, 6) is -0.489. The predicted molar refractivity (Wildman–Crippen MR) is 139 cm³/mol. The number of amides is 1. The van der Waals surface area contributed by atoms with Gasteiger partial charge >= 0.3 is 5.97 Å². The molecule has 0 unspecified atom stereocenters. The maximum atomic E-state index is 13.1. The van der Waals surface area contributed by atoms with Gasteiger partial charge in [0.2, 0.25) is 0 Å². The van der Waals surface area contributed by atoms with E-state index in [0.29, 0.717) is 31.5 Å². The van der Waals surface area contributed by atoms with Crippen LogP contribution in [0, 0.1) is 5.92 Å². The van der Waals surface area contributed by atoms with Crippen LogP contribution in [-0.4, -0.2) is 46.2 Å². The molecule has 0 spiro atoms. The number of halogens is 1. The Kier molecular flexibility index (Phi) is 8.04. The van der Waals surface area contributed by atoms with E-state index >= 15 is 0 Å². The molecule has 2 N–H and O–H groups in total. The first kappa shape index (κ1) is 25.2. The Morgan fingerprint density at radius 3 is 2.66 bits per heavy atom. The molecule has 180 valence electrons. The first-order valence-corrected chi connectivity index (χ1v) is 12.1. The fourth-order valence-electron chi connectivity index (χ4n) is 3.27. The second-order valence-electron chi connectivity index (χ2n) is 7.58. The molecule has 1 aromatic heterocycles. The quantitative estimate of drug-likeness (QED) is 0.245. The maximum absolute atomic E-state index is 13.1. The van der Waals surface area contributed by atoms with Crippen molar-refractivity contribution in [3.8, 4) is 11.3 Å². The van der Waals surface area contributed by atoms with Crippen LogP contribution in [0.5, 0.6) is 0 Å². The van der Waals surface area contributed by atoms with E-state index in [0.717, 1.165) is 17.3 Å². The third kappa shape index (κ3) is 5.66. The molecule has 1 amide bonds. The monoisotopic (exact) mass is 529 g/mol. The number of benzene rings is 2. The molecule has 1 saturated heterocycles. The van der Waals surface area contributed by atoms with E-state index in [1.165, 1.54) is 11.0 Å². The number of aliphatic hydroxyl groups is 2. The summed E-state index contributed by atoms with van der Waals surface area (Å²) in [4.78, 5) is 27.3. The van der Waals surface area contributed by atoms with Gasteiger partial charge in [-0.05, 0) is 42.5 Å². The number of esters is 1. The molecule has 0 saturated carbocycles. The Balaban J connectivity index is 1.52. The highest BCUT2D eigenvalue weighted by molar-refractivity contribution is 8.27. The van der Waals surface area contributed by atoms with Crippen molar-refractivity contribution in [2.45, 2.75) is 0 Å². The van der Waals surface area contributed by atoms with Gasteiger partial charge in [0.1, 0.15) is 11.5 Å². The van der Waals surface area contributed by atoms with E-state index in [2.05, 4.69) is 0 Å². The molecule has 3 aromatic rings. The number of nitrogens with zero attached hydrogens (tertiary/aromatic N) is 1. The number of furan rings is 1. The van der Waals surface area contributed by atoms with Crippen molar-refractivity contribution in [2.24, 2.45) is 5.92 Å². The molecule has 2 heterocycles. The molecule has 1 aliphatic heterocycles. The summed E-state index contributed by atoms with van der Waals surface area (Å²) in [5.41, 5.74) is 1.38. The highest BCUT2D eigenvalue weighted by Crippen LogP contribution is 2.37. The van der Waals surface area contributed by atoms with E-state index in [4.69, 9.17) is 43.2 Å². The molecule has 0 radical (unpaired) electrons. The van der Waals surface area contributed by atoms with Gasteiger partial charge in [0, 0.05) is 17.6 Å². The Labute approximate surface area is 215 Å². The van der Waals surface area contributed by atoms with Crippen LogP contribution in [0.25, 0.3) is 17.4 Å². The van der Waals surface area contributed by atoms with Gasteiger partial charge in [0.05, 0.1) is 41.0 Å². The second-order valence-corrected chi connectivity index (χ2v) is 9.66. The van der Waals surface area contributed by atoms with Crippen LogP contribution < -0.4 is 4.90 Å². The average Bonchev–Trinajstić information content (AvgIpc) is 3.43. The minimum atomic E-state index is -0.637. The first-order chi connectivity index (χ1) is 16.9. The van der Waals surface area contributed by atoms with Crippen LogP contribution in [0.15, 0.2) is 70.0 Å². The van der Waals surface area contributed by atoms with Gasteiger partial charge in [0.25, 0.3) is 5.91 Å². The Morgan fingerprint density at radius 2 is 1.91 bits per heavy atom. The zero-order chi connectivity index (χ0) is 24.9. The minimum absolute atomic E-state index is 0.126. The molecule has 0 aliphatic carbocycles. The van der Waals surface area contributed by atoms with E-state index in [1.807, 2.05) is 18.2 Å². The fourth-order valence-corrected chi connectivity index (χ4v) is 4.78. The number of anilines is 1. The number of thiocarbonyl (C=S) groups is 1. The van der Waals surface area contributed by atoms with Gasteiger partial charge in [-0.3, -0.25) is 9.69 Å². The van der Waals surface area contributed by atoms with Crippen molar-refractivity contribution in [1.29, 1.82) is 0 Å². The largest absolute Gasteiger partial charge is 0.462 e. The molecule has 10 heteroatoms. The Bertz CT molecular complexity index is 1300. The maximum Gasteiger partial charge on any atom is 0.338 e. The fraction of sp³-hybridized carbons (Fsp3) is 0.160. The second kappa shape index (κ2) is 11.2. The first-order valence-electron chi connectivity index (χ1n) is 10.5. The summed E-state index contributed by atoms with van der Waals surface area (Å²) in [5, 5.41) is 18.8. The lowest BCUT2D eigenvalue weighted by Crippen LogP contribution is -2.27. The van der Waals surface area contributed by atoms with Gasteiger partial charge in [-0.25, -0.2) is 4.79 Å². The van der Waals surface area contributed by atoms with Crippen LogP contribution in [-0.2, 0) is 9.53 Å². The summed E-state index contributed by atoms with van der Waals surface area (Å²) >= 11 is 12.8. The summed E-state index contributed by atoms with van der Waals surface area (Å²) < 4.78 is 11.3. The smallest absolute Gasteiger partial charge is 0.338 e.